The van der Waals surface area contributed by atoms with Crippen molar-refractivity contribution in [2.75, 3.05) is 0 Å². The van der Waals surface area contributed by atoms with Crippen LogP contribution in [-0.2, 0) is 6.54 Å². The summed E-state index contributed by atoms with van der Waals surface area (Å²) in [6, 6.07) is 5.26. The third-order valence-electron chi connectivity index (χ3n) is 2.76. The Kier molecular flexibility index (Phi) is 3.35. The third kappa shape index (κ3) is 2.93. The van der Waals surface area contributed by atoms with Gasteiger partial charge in [0.15, 0.2) is 0 Å². The molecule has 0 spiro atoms. The number of pyridine rings is 1. The average Bonchev–Trinajstić information content (AvgIpc) is 2.09. The van der Waals surface area contributed by atoms with E-state index in [9.17, 15) is 4.79 Å². The number of nitrogens with zero attached hydrogens (tertiary/aromatic N) is 1. The van der Waals surface area contributed by atoms with E-state index in [-0.39, 0.29) is 17.0 Å². The van der Waals surface area contributed by atoms with Gasteiger partial charge >= 0.3 is 0 Å². The van der Waals surface area contributed by atoms with Crippen LogP contribution in [0.25, 0.3) is 0 Å². The van der Waals surface area contributed by atoms with Crippen molar-refractivity contribution in [1.29, 1.82) is 0 Å². The van der Waals surface area contributed by atoms with Gasteiger partial charge in [-0.05, 0) is 18.4 Å². The Balaban J connectivity index is 2.95. The highest BCUT2D eigenvalue weighted by Crippen LogP contribution is 2.18. The summed E-state index contributed by atoms with van der Waals surface area (Å²) in [5.41, 5.74) is 7.06. The predicted molar refractivity (Wildman–Crippen MR) is 62.9 cm³/mol. The van der Waals surface area contributed by atoms with Crippen molar-refractivity contribution < 1.29 is 0 Å². The van der Waals surface area contributed by atoms with Crippen LogP contribution in [0.5, 0.6) is 0 Å². The van der Waals surface area contributed by atoms with Gasteiger partial charge in [-0.1, -0.05) is 26.8 Å². The lowest BCUT2D eigenvalue weighted by Gasteiger charge is -2.28. The molecular weight excluding hydrogens is 188 g/mol. The standard InChI is InChI=1S/C12H20N2O/c1-9-6-5-7-11(15)14(9)8-10(13)12(2,3)4/h5-7,10H,8,13H2,1-4H3. The minimum absolute atomic E-state index is 0.0156. The van der Waals surface area contributed by atoms with E-state index >= 15 is 0 Å². The molecule has 1 heterocycles. The van der Waals surface area contributed by atoms with Gasteiger partial charge in [-0.3, -0.25) is 4.79 Å². The summed E-state index contributed by atoms with van der Waals surface area (Å²) in [6.07, 6.45) is 0. The first kappa shape index (κ1) is 12.0. The lowest BCUT2D eigenvalue weighted by atomic mass is 9.87. The maximum Gasteiger partial charge on any atom is 0.250 e. The van der Waals surface area contributed by atoms with E-state index in [0.29, 0.717) is 6.54 Å². The minimum atomic E-state index is -0.0173. The fourth-order valence-electron chi connectivity index (χ4n) is 1.33. The van der Waals surface area contributed by atoms with Crippen molar-refractivity contribution in [3.8, 4) is 0 Å². The first-order chi connectivity index (χ1) is 6.82. The van der Waals surface area contributed by atoms with Gasteiger partial charge in [0.1, 0.15) is 0 Å². The quantitative estimate of drug-likeness (QED) is 0.801. The van der Waals surface area contributed by atoms with Crippen molar-refractivity contribution in [1.82, 2.24) is 4.57 Å². The molecule has 0 radical (unpaired) electrons. The van der Waals surface area contributed by atoms with Gasteiger partial charge < -0.3 is 10.3 Å². The Morgan fingerprint density at radius 2 is 2.00 bits per heavy atom. The van der Waals surface area contributed by atoms with Crippen LogP contribution in [0.4, 0.5) is 0 Å². The van der Waals surface area contributed by atoms with E-state index in [1.807, 2.05) is 13.0 Å². The molecule has 0 aromatic carbocycles. The summed E-state index contributed by atoms with van der Waals surface area (Å²) in [6.45, 7) is 8.76. The van der Waals surface area contributed by atoms with Gasteiger partial charge in [-0.15, -0.1) is 0 Å². The number of aryl methyl sites for hydroxylation is 1. The van der Waals surface area contributed by atoms with Crippen LogP contribution in [0.3, 0.4) is 0 Å². The molecular formula is C12H20N2O. The predicted octanol–water partition coefficient (Wildman–Crippen LogP) is 1.53. The molecule has 0 amide bonds. The molecule has 3 nitrogen and oxygen atoms in total. The number of hydrogen-bond acceptors (Lipinski definition) is 2. The van der Waals surface area contributed by atoms with Crippen molar-refractivity contribution in [3.05, 3.63) is 34.2 Å². The zero-order valence-electron chi connectivity index (χ0n) is 9.95. The second-order valence-electron chi connectivity index (χ2n) is 5.09. The minimum Gasteiger partial charge on any atom is -0.326 e. The molecule has 1 unspecified atom stereocenters. The van der Waals surface area contributed by atoms with E-state index < -0.39 is 0 Å². The van der Waals surface area contributed by atoms with Crippen LogP contribution < -0.4 is 11.3 Å². The van der Waals surface area contributed by atoms with Crippen LogP contribution in [0, 0.1) is 12.3 Å². The second-order valence-corrected chi connectivity index (χ2v) is 5.09. The van der Waals surface area contributed by atoms with Gasteiger partial charge in [0.25, 0.3) is 5.56 Å². The monoisotopic (exact) mass is 208 g/mol. The first-order valence-electron chi connectivity index (χ1n) is 5.24. The zero-order valence-corrected chi connectivity index (χ0v) is 9.95. The highest BCUT2D eigenvalue weighted by Gasteiger charge is 2.21. The molecule has 1 rings (SSSR count). The first-order valence-corrected chi connectivity index (χ1v) is 5.24. The smallest absolute Gasteiger partial charge is 0.250 e. The highest BCUT2D eigenvalue weighted by molar-refractivity contribution is 5.05. The molecule has 0 saturated heterocycles. The van der Waals surface area contributed by atoms with Crippen molar-refractivity contribution in [2.24, 2.45) is 11.1 Å². The maximum atomic E-state index is 11.6. The number of aromatic nitrogens is 1. The Morgan fingerprint density at radius 3 is 2.47 bits per heavy atom. The van der Waals surface area contributed by atoms with Crippen molar-refractivity contribution in [2.45, 2.75) is 40.3 Å². The van der Waals surface area contributed by atoms with Gasteiger partial charge in [-0.2, -0.15) is 0 Å². The summed E-state index contributed by atoms with van der Waals surface area (Å²) in [4.78, 5) is 11.6. The van der Waals surface area contributed by atoms with Crippen LogP contribution in [0.15, 0.2) is 23.0 Å². The summed E-state index contributed by atoms with van der Waals surface area (Å²) >= 11 is 0. The SMILES string of the molecule is Cc1cccc(=O)n1CC(N)C(C)(C)C. The molecule has 2 N–H and O–H groups in total. The maximum absolute atomic E-state index is 11.6. The molecule has 1 atom stereocenters. The normalized spacial score (nSPS) is 13.9. The van der Waals surface area contributed by atoms with E-state index in [1.165, 1.54) is 0 Å². The lowest BCUT2D eigenvalue weighted by molar-refractivity contribution is 0.288. The Bertz CT molecular complexity index is 387. The summed E-state index contributed by atoms with van der Waals surface area (Å²) in [5.74, 6) is 0. The van der Waals surface area contributed by atoms with Crippen LogP contribution >= 0.6 is 0 Å². The molecule has 0 aliphatic heterocycles. The van der Waals surface area contributed by atoms with Crippen LogP contribution in [-0.4, -0.2) is 10.6 Å². The van der Waals surface area contributed by atoms with Gasteiger partial charge in [0, 0.05) is 24.3 Å². The Morgan fingerprint density at radius 1 is 1.40 bits per heavy atom. The number of hydrogen-bond donors (Lipinski definition) is 1. The largest absolute Gasteiger partial charge is 0.326 e. The molecule has 84 valence electrons. The zero-order chi connectivity index (χ0) is 11.6. The molecule has 3 heteroatoms. The molecule has 15 heavy (non-hydrogen) atoms. The molecule has 1 aromatic rings. The lowest BCUT2D eigenvalue weighted by Crippen LogP contribution is -2.41. The number of rotatable bonds is 2. The Hall–Kier alpha value is -1.09. The van der Waals surface area contributed by atoms with Crippen LogP contribution in [0.1, 0.15) is 26.5 Å². The molecule has 1 aromatic heterocycles. The fourth-order valence-corrected chi connectivity index (χ4v) is 1.33. The van der Waals surface area contributed by atoms with E-state index in [4.69, 9.17) is 5.73 Å². The summed E-state index contributed by atoms with van der Waals surface area (Å²) < 4.78 is 1.73. The van der Waals surface area contributed by atoms with E-state index in [2.05, 4.69) is 20.8 Å². The molecule has 0 fully saturated rings. The van der Waals surface area contributed by atoms with Crippen LogP contribution in [0.2, 0.25) is 0 Å². The topological polar surface area (TPSA) is 48.0 Å². The van der Waals surface area contributed by atoms with Crippen molar-refractivity contribution in [3.63, 3.8) is 0 Å². The van der Waals surface area contributed by atoms with Crippen molar-refractivity contribution >= 4 is 0 Å². The molecule has 0 aliphatic carbocycles. The molecule has 0 bridgehead atoms. The van der Waals surface area contributed by atoms with Gasteiger partial charge in [0.2, 0.25) is 0 Å². The summed E-state index contributed by atoms with van der Waals surface area (Å²) in [5, 5.41) is 0. The van der Waals surface area contributed by atoms with Gasteiger partial charge in [0.05, 0.1) is 0 Å². The average molecular weight is 208 g/mol. The second kappa shape index (κ2) is 4.19. The highest BCUT2D eigenvalue weighted by atomic mass is 16.1. The van der Waals surface area contributed by atoms with E-state index in [1.54, 1.807) is 16.7 Å². The Labute approximate surface area is 90.9 Å². The molecule has 0 saturated carbocycles. The van der Waals surface area contributed by atoms with Gasteiger partial charge in [-0.25, -0.2) is 0 Å². The third-order valence-corrected chi connectivity index (χ3v) is 2.76. The number of nitrogens with two attached hydrogens (primary N) is 1. The van der Waals surface area contributed by atoms with E-state index in [0.717, 1.165) is 5.69 Å². The molecule has 0 aliphatic rings. The fraction of sp³-hybridized carbons (Fsp3) is 0.583. The summed E-state index contributed by atoms with van der Waals surface area (Å²) in [7, 11) is 0.